The van der Waals surface area contributed by atoms with Crippen LogP contribution in [0.4, 0.5) is 0 Å². The van der Waals surface area contributed by atoms with Gasteiger partial charge in [-0.05, 0) is 0 Å². The number of carboxylic acid groups (broad SMARTS) is 10. The molecule has 22 nitrogen and oxygen atoms in total. The van der Waals surface area contributed by atoms with E-state index in [-0.39, 0.29) is 55.7 Å². The van der Waals surface area contributed by atoms with Crippen LogP contribution >= 0.6 is 0 Å². The maximum Gasteiger partial charge on any atom is 5.00 e. The molecule has 0 heterocycles. The zero-order chi connectivity index (χ0) is 25.8. The molecule has 0 rings (SSSR count). The predicted molar refractivity (Wildman–Crippen MR) is 57.3 cm³/mol. The van der Waals surface area contributed by atoms with E-state index in [4.69, 9.17) is 99.0 Å². The summed E-state index contributed by atoms with van der Waals surface area (Å²) in [4.78, 5) is 89.3. The molecule has 0 aromatic heterocycles. The molecule has 0 saturated heterocycles. The molecule has 0 amide bonds. The van der Waals surface area contributed by atoms with Crippen LogP contribution in [0.25, 0.3) is 0 Å². The van der Waals surface area contributed by atoms with Crippen LogP contribution in [0.1, 0.15) is 0 Å². The van der Waals surface area contributed by atoms with Crippen molar-refractivity contribution in [3.8, 4) is 0 Å². The summed E-state index contributed by atoms with van der Waals surface area (Å²) in [6.07, 6.45) is 0. The van der Waals surface area contributed by atoms with Crippen LogP contribution in [0.5, 0.6) is 0 Å². The largest absolute Gasteiger partial charge is 5.00 e. The Kier molecular flexibility index (Phi) is 56.8. The third kappa shape index (κ3) is 79.6. The molecule has 0 aromatic carbocycles. The van der Waals surface area contributed by atoms with Crippen LogP contribution in [-0.4, -0.2) is 70.6 Å². The first-order valence-electron chi connectivity index (χ1n) is 5.33. The second-order valence-electron chi connectivity index (χ2n) is 2.87. The average Bonchev–Trinajstić information content (AvgIpc) is 2.56. The zero-order valence-electron chi connectivity index (χ0n) is 15.1. The van der Waals surface area contributed by atoms with E-state index in [2.05, 4.69) is 0 Å². The topological polar surface area (TPSA) is 464 Å². The van der Waals surface area contributed by atoms with Crippen molar-refractivity contribution < 1.29 is 155 Å². The number of carbonyl (C=O) groups is 10. The molecular formula is C10H4Nb2O22. The minimum atomic E-state index is -2.19. The standard InChI is InChI=1S/5C2H2O4.2Nb.2H2O/c5*3-1(4)2(5)6;;;;/h5*(H,3,4)(H,5,6);;;2*1H2/q;;;;;2*+5;;/p-10. The van der Waals surface area contributed by atoms with Gasteiger partial charge in [-0.1, -0.05) is 0 Å². The third-order valence-corrected chi connectivity index (χ3v) is 0.833. The quantitative estimate of drug-likeness (QED) is 0.172. The molecule has 0 aliphatic rings. The maximum absolute atomic E-state index is 8.93. The van der Waals surface area contributed by atoms with Gasteiger partial charge in [0.25, 0.3) is 0 Å². The van der Waals surface area contributed by atoms with Gasteiger partial charge in [0, 0.05) is 0 Å². The van der Waals surface area contributed by atoms with Gasteiger partial charge in [-0.3, -0.25) is 0 Å². The average molecular weight is 662 g/mol. The van der Waals surface area contributed by atoms with Gasteiger partial charge in [0.05, 0.1) is 59.7 Å². The number of carboxylic acids is 10. The smallest absolute Gasteiger partial charge is 0.543 e. The van der Waals surface area contributed by atoms with Gasteiger partial charge in [-0.25, -0.2) is 0 Å². The molecule has 0 aliphatic carbocycles. The SMILES string of the molecule is O.O.O=C([O-])C(=O)[O-].O=C([O-])C(=O)[O-].O=C([O-])C(=O)[O-].O=C([O-])C(=O)[O-].O=C([O-])C(=O)[O-].[Nb+5].[Nb+5]. The van der Waals surface area contributed by atoms with Crippen molar-refractivity contribution in [1.29, 1.82) is 0 Å². The summed E-state index contributed by atoms with van der Waals surface area (Å²) in [6.45, 7) is 0. The van der Waals surface area contributed by atoms with Crippen molar-refractivity contribution in [1.82, 2.24) is 0 Å². The maximum atomic E-state index is 8.93. The summed E-state index contributed by atoms with van der Waals surface area (Å²) in [7, 11) is 0. The number of carbonyl (C=O) groups excluding carboxylic acids is 10. The molecule has 0 unspecified atom stereocenters. The molecule has 0 spiro atoms. The van der Waals surface area contributed by atoms with Crippen molar-refractivity contribution in [2.75, 3.05) is 0 Å². The molecule has 0 saturated carbocycles. The first kappa shape index (κ1) is 57.3. The minimum absolute atomic E-state index is 0. The summed E-state index contributed by atoms with van der Waals surface area (Å²) in [6, 6.07) is 0. The Bertz CT molecular complexity index is 509. The van der Waals surface area contributed by atoms with E-state index in [1.807, 2.05) is 0 Å². The van der Waals surface area contributed by atoms with Crippen LogP contribution in [-0.2, 0) is 92.7 Å². The molecule has 0 aliphatic heterocycles. The Labute approximate surface area is 214 Å². The summed E-state index contributed by atoms with van der Waals surface area (Å²) < 4.78 is 0. The van der Waals surface area contributed by atoms with Gasteiger partial charge in [-0.15, -0.1) is 0 Å². The van der Waals surface area contributed by atoms with E-state index in [1.54, 1.807) is 0 Å². The fourth-order valence-corrected chi connectivity index (χ4v) is 0. The summed E-state index contributed by atoms with van der Waals surface area (Å²) in [5.41, 5.74) is 0. The van der Waals surface area contributed by atoms with E-state index in [9.17, 15) is 0 Å². The van der Waals surface area contributed by atoms with Gasteiger partial charge in [0.15, 0.2) is 0 Å². The van der Waals surface area contributed by atoms with Gasteiger partial charge >= 0.3 is 44.8 Å². The van der Waals surface area contributed by atoms with E-state index in [0.29, 0.717) is 0 Å². The Hall–Kier alpha value is -3.90. The van der Waals surface area contributed by atoms with Gasteiger partial charge in [0.2, 0.25) is 0 Å². The third-order valence-electron chi connectivity index (χ3n) is 0.833. The monoisotopic (exact) mass is 662 g/mol. The van der Waals surface area contributed by atoms with Gasteiger partial charge in [0.1, 0.15) is 0 Å². The number of aliphatic carboxylic acids is 10. The summed E-state index contributed by atoms with van der Waals surface area (Å²) in [5, 5.41) is 89.3. The fraction of sp³-hybridized carbons (Fsp3) is 0. The molecular weight excluding hydrogens is 658 g/mol. The summed E-state index contributed by atoms with van der Waals surface area (Å²) >= 11 is 0. The van der Waals surface area contributed by atoms with Crippen molar-refractivity contribution >= 4 is 59.7 Å². The zero-order valence-corrected chi connectivity index (χ0v) is 19.5. The van der Waals surface area contributed by atoms with Crippen LogP contribution in [0.15, 0.2) is 0 Å². The second-order valence-corrected chi connectivity index (χ2v) is 2.87. The van der Waals surface area contributed by atoms with E-state index < -0.39 is 59.7 Å². The van der Waals surface area contributed by atoms with Crippen molar-refractivity contribution in [2.45, 2.75) is 0 Å². The van der Waals surface area contributed by atoms with E-state index in [0.717, 1.165) is 0 Å². The van der Waals surface area contributed by atoms with Gasteiger partial charge < -0.3 is 110 Å². The first-order chi connectivity index (χ1) is 13.2. The molecule has 0 radical (unpaired) electrons. The first-order valence-corrected chi connectivity index (χ1v) is 5.33. The van der Waals surface area contributed by atoms with E-state index >= 15 is 0 Å². The molecule has 0 atom stereocenters. The number of hydrogen-bond acceptors (Lipinski definition) is 20. The molecule has 24 heteroatoms. The van der Waals surface area contributed by atoms with Crippen LogP contribution < -0.4 is 51.1 Å². The number of rotatable bonds is 0. The second kappa shape index (κ2) is 33.7. The van der Waals surface area contributed by atoms with Crippen molar-refractivity contribution in [3.63, 3.8) is 0 Å². The van der Waals surface area contributed by atoms with Crippen molar-refractivity contribution in [2.24, 2.45) is 0 Å². The molecule has 0 bridgehead atoms. The Morgan fingerprint density at radius 3 is 0.265 bits per heavy atom. The molecule has 186 valence electrons. The van der Waals surface area contributed by atoms with Crippen molar-refractivity contribution in [3.05, 3.63) is 0 Å². The van der Waals surface area contributed by atoms with E-state index in [1.165, 1.54) is 0 Å². The minimum Gasteiger partial charge on any atom is -0.543 e. The molecule has 0 aromatic rings. The van der Waals surface area contributed by atoms with Crippen LogP contribution in [0.3, 0.4) is 0 Å². The normalized spacial score (nSPS) is 6.47. The Morgan fingerprint density at radius 2 is 0.265 bits per heavy atom. The summed E-state index contributed by atoms with van der Waals surface area (Å²) in [5.74, 6) is -21.9. The Morgan fingerprint density at radius 1 is 0.235 bits per heavy atom. The molecule has 34 heavy (non-hydrogen) atoms. The molecule has 0 fully saturated rings. The van der Waals surface area contributed by atoms with Gasteiger partial charge in [-0.2, -0.15) is 0 Å². The van der Waals surface area contributed by atoms with Crippen LogP contribution in [0.2, 0.25) is 0 Å². The fourth-order valence-electron chi connectivity index (χ4n) is 0. The van der Waals surface area contributed by atoms with Crippen LogP contribution in [0, 0.1) is 0 Å². The Balaban J connectivity index is -0.0000000319. The molecule has 4 N–H and O–H groups in total. The number of hydrogen-bond donors (Lipinski definition) is 0. The predicted octanol–water partition coefficient (Wildman–Crippen LogP) is -19.2.